The third-order valence-electron chi connectivity index (χ3n) is 12.9. The summed E-state index contributed by atoms with van der Waals surface area (Å²) in [6.07, 6.45) is 0. The van der Waals surface area contributed by atoms with E-state index in [9.17, 15) is 9.90 Å². The molecule has 21 heteroatoms. The van der Waals surface area contributed by atoms with Crippen LogP contribution in [0, 0.1) is 3.70 Å². The number of hydrogen-bond acceptors (Lipinski definition) is 14. The first-order valence-corrected chi connectivity index (χ1v) is 42.1. The van der Waals surface area contributed by atoms with Crippen molar-refractivity contribution in [2.24, 2.45) is 0 Å². The summed E-state index contributed by atoms with van der Waals surface area (Å²) in [5.41, 5.74) is 10.8. The fraction of sp³-hybridized carbons (Fsp3) is 0.322. The minimum Gasteiger partial charge on any atom is -0.503 e. The molecule has 0 unspecified atom stereocenters. The van der Waals surface area contributed by atoms with Crippen LogP contribution in [0.4, 0.5) is 0 Å². The Hall–Kier alpha value is -8.22. The normalized spacial score (nSPS) is 8.91. The first-order chi connectivity index (χ1) is 53.7. The number of aromatic hydroxyl groups is 1. The number of rotatable bonds is 18. The molecule has 2 N–H and O–H groups in total. The number of halogens is 5. The first kappa shape index (κ1) is 109. The molecule has 15 nitrogen and oxygen atoms in total. The fourth-order valence-corrected chi connectivity index (χ4v) is 9.67. The van der Waals surface area contributed by atoms with Crippen LogP contribution < -0.4 is 43.5 Å². The summed E-state index contributed by atoms with van der Waals surface area (Å²) < 4.78 is 44.9. The Morgan fingerprint density at radius 3 is 1.04 bits per heavy atom. The van der Waals surface area contributed by atoms with Gasteiger partial charge in [-0.2, -0.15) is 0 Å². The van der Waals surface area contributed by atoms with Crippen LogP contribution in [0.15, 0.2) is 234 Å². The highest BCUT2D eigenvalue weighted by Crippen LogP contribution is 2.39. The lowest BCUT2D eigenvalue weighted by molar-refractivity contribution is 0.298. The van der Waals surface area contributed by atoms with Crippen molar-refractivity contribution in [2.45, 2.75) is 146 Å². The topological polar surface area (TPSA) is 178 Å². The van der Waals surface area contributed by atoms with Crippen LogP contribution >= 0.6 is 85.8 Å². The molecule has 6 aromatic carbocycles. The molecule has 0 aliphatic heterocycles. The molecule has 0 spiro atoms. The second kappa shape index (κ2) is 70.9. The van der Waals surface area contributed by atoms with Gasteiger partial charge in [0.05, 0.1) is 77.6 Å². The lowest BCUT2D eigenvalue weighted by Gasteiger charge is -2.15. The highest BCUT2D eigenvalue weighted by atomic mass is 127. The fourth-order valence-electron chi connectivity index (χ4n) is 8.75. The molecule has 0 saturated carbocycles. The van der Waals surface area contributed by atoms with Gasteiger partial charge in [0.1, 0.15) is 3.70 Å². The molecule has 5 aromatic heterocycles. The van der Waals surface area contributed by atoms with E-state index in [0.29, 0.717) is 78.6 Å². The minimum atomic E-state index is -0.483. The molecule has 0 atom stereocenters. The van der Waals surface area contributed by atoms with Gasteiger partial charge >= 0.3 is 3.18 Å². The van der Waals surface area contributed by atoms with Crippen LogP contribution in [-0.2, 0) is 0 Å². The average molecular weight is 1890 g/mol. The Labute approximate surface area is 714 Å². The highest BCUT2D eigenvalue weighted by Gasteiger charge is 2.18. The van der Waals surface area contributed by atoms with Gasteiger partial charge in [-0.15, -0.1) is 47.3 Å². The van der Waals surface area contributed by atoms with E-state index in [1.165, 1.54) is 6.07 Å². The van der Waals surface area contributed by atoms with Gasteiger partial charge in [0.15, 0.2) is 28.7 Å². The maximum absolute atomic E-state index is 11.7. The number of H-pyrrole nitrogens is 1. The second-order valence-electron chi connectivity index (χ2n) is 19.0. The molecule has 0 saturated heterocycles. The minimum absolute atomic E-state index is 0. The zero-order valence-corrected chi connectivity index (χ0v) is 77.6. The third kappa shape index (κ3) is 40.7. The molecular formula is C90H123BBr4IN5O10. The van der Waals surface area contributed by atoms with E-state index in [1.54, 1.807) is 28.4 Å². The molecule has 0 aliphatic rings. The van der Waals surface area contributed by atoms with E-state index in [0.717, 1.165) is 69.8 Å². The zero-order chi connectivity index (χ0) is 83.6. The summed E-state index contributed by atoms with van der Waals surface area (Å²) in [6.45, 7) is 42.0. The van der Waals surface area contributed by atoms with Crippen LogP contribution in [0.3, 0.4) is 0 Å². The van der Waals surface area contributed by atoms with Gasteiger partial charge < -0.3 is 48.0 Å². The van der Waals surface area contributed by atoms with Crippen molar-refractivity contribution < 1.29 is 43.0 Å². The summed E-state index contributed by atoms with van der Waals surface area (Å²) >= 11 is 15.0. The SMILES string of the molecule is BrB(Br)Br.C.CC.CC.CC.CC.CC.CC.CC.CC.CCOc1nc(-c2ccccc2)c(-c2ccccc2)cc1OC.CCOc1nc(-c2ccccc2)c(Br)cc1OC.CCOc1nc(-c2ccccc2)ccc1OC.CCOc1nc(I)ccc1OC.O=c1[nH]c(-c2ccccc2)c(-c2ccccc2)cc1O. The number of aromatic amines is 1. The van der Waals surface area contributed by atoms with Gasteiger partial charge in [0.25, 0.3) is 29.1 Å². The smallest absolute Gasteiger partial charge is 0.369 e. The van der Waals surface area contributed by atoms with Gasteiger partial charge in [-0.3, -0.25) is 4.79 Å². The Bertz CT molecular complexity index is 4090. The van der Waals surface area contributed by atoms with Crippen LogP contribution in [0.25, 0.3) is 67.3 Å². The monoisotopic (exact) mass is 1890 g/mol. The Morgan fingerprint density at radius 1 is 0.369 bits per heavy atom. The molecule has 0 amide bonds. The van der Waals surface area contributed by atoms with Gasteiger partial charge in [-0.1, -0.05) is 300 Å². The number of pyridine rings is 5. The van der Waals surface area contributed by atoms with E-state index in [2.05, 4.69) is 130 Å². The Kier molecular flexibility index (Phi) is 69.7. The molecular weight excluding hydrogens is 1770 g/mol. The van der Waals surface area contributed by atoms with Gasteiger partial charge in [0, 0.05) is 38.4 Å². The molecule has 0 radical (unpaired) electrons. The maximum atomic E-state index is 11.7. The number of aromatic nitrogens is 5. The largest absolute Gasteiger partial charge is 0.503 e. The summed E-state index contributed by atoms with van der Waals surface area (Å²) in [7, 11) is 6.46. The third-order valence-corrected chi connectivity index (χ3v) is 14.1. The van der Waals surface area contributed by atoms with Crippen molar-refractivity contribution in [1.29, 1.82) is 0 Å². The van der Waals surface area contributed by atoms with E-state index < -0.39 is 5.56 Å². The molecule has 0 bridgehead atoms. The molecule has 606 valence electrons. The predicted octanol–water partition coefficient (Wildman–Crippen LogP) is 28.4. The highest BCUT2D eigenvalue weighted by molar-refractivity contribution is 14.1. The van der Waals surface area contributed by atoms with E-state index in [4.69, 9.17) is 42.9 Å². The first-order valence-electron chi connectivity index (χ1n) is 37.5. The Morgan fingerprint density at radius 2 is 0.667 bits per heavy atom. The molecule has 11 rings (SSSR count). The summed E-state index contributed by atoms with van der Waals surface area (Å²) in [4.78, 5) is 32.3. The number of benzene rings is 6. The molecule has 111 heavy (non-hydrogen) atoms. The average Bonchev–Trinajstić information content (AvgIpc) is 0.794. The van der Waals surface area contributed by atoms with Crippen molar-refractivity contribution in [3.63, 3.8) is 0 Å². The molecule has 0 aliphatic carbocycles. The number of hydrogen-bond donors (Lipinski definition) is 2. The van der Waals surface area contributed by atoms with Crippen LogP contribution in [0.5, 0.6) is 52.3 Å². The lowest BCUT2D eigenvalue weighted by atomic mass is 9.99. The van der Waals surface area contributed by atoms with Crippen LogP contribution in [-0.4, -0.2) is 88.1 Å². The van der Waals surface area contributed by atoms with Crippen molar-refractivity contribution in [1.82, 2.24) is 24.9 Å². The van der Waals surface area contributed by atoms with Gasteiger partial charge in [-0.25, -0.2) is 19.9 Å². The van der Waals surface area contributed by atoms with Gasteiger partial charge in [0.2, 0.25) is 0 Å². The van der Waals surface area contributed by atoms with Crippen molar-refractivity contribution >= 4 is 89.0 Å². The quantitative estimate of drug-likeness (QED) is 0.0471. The van der Waals surface area contributed by atoms with Gasteiger partial charge in [-0.05, 0) is 119 Å². The Balaban J connectivity index is -0.000000612. The summed E-state index contributed by atoms with van der Waals surface area (Å²) in [5, 5.41) is 9.69. The number of nitrogens with one attached hydrogen (secondary N) is 1. The van der Waals surface area contributed by atoms with E-state index in [-0.39, 0.29) is 16.4 Å². The van der Waals surface area contributed by atoms with Crippen molar-refractivity contribution in [2.75, 3.05) is 54.9 Å². The van der Waals surface area contributed by atoms with E-state index in [1.807, 2.05) is 333 Å². The number of ether oxygens (including phenoxy) is 8. The molecule has 11 aromatic rings. The maximum Gasteiger partial charge on any atom is 0.369 e. The van der Waals surface area contributed by atoms with Crippen molar-refractivity contribution in [3.05, 3.63) is 243 Å². The standard InChI is InChI=1S/C20H19NO2.C17H13NO2.C14H14BrNO2.C14H15NO2.C8H10INO2.8C2H6.CH4.BBr3/c1-3-23-20-18(22-2)14-17(15-10-6-4-7-11-15)19(21-20)16-12-8-5-9-13-16;19-15-11-14(12-7-3-1-4-8-12)16(18-17(15)20)13-9-5-2-6-10-13;1-3-18-14-12(17-2)9-11(15)13(16-14)10-7-5-4-6-8-10;1-3-17-14-13(16-2)10-9-12(15-14)11-7-5-4-6-8-11;1-3-12-8-6(11-2)4-5-7(9)10-8;8*1-2;;2-1(3)4/h4-14H,3H2,1-2H3;1-11,19H,(H,18,20);4-9H,3H2,1-2H3;4-10H,3H2,1-2H3;4-5H,3H2,1-2H3;8*1-2H3;1H4;. The second-order valence-corrected chi connectivity index (χ2v) is 27.4. The molecule has 0 fully saturated rings. The van der Waals surface area contributed by atoms with Crippen LogP contribution in [0.1, 0.15) is 146 Å². The summed E-state index contributed by atoms with van der Waals surface area (Å²) in [6, 6.07) is 72.4. The zero-order valence-electron chi connectivity index (χ0n) is 69.1. The van der Waals surface area contributed by atoms with Crippen molar-refractivity contribution in [3.8, 4) is 120 Å². The molecule has 5 heterocycles. The lowest BCUT2D eigenvalue weighted by Crippen LogP contribution is -2.07. The summed E-state index contributed by atoms with van der Waals surface area (Å²) in [5.74, 6) is 4.47. The van der Waals surface area contributed by atoms with Crippen LogP contribution in [0.2, 0.25) is 0 Å². The van der Waals surface area contributed by atoms with E-state index >= 15 is 0 Å². The number of methoxy groups -OCH3 is 4. The number of nitrogens with zero attached hydrogens (tertiary/aromatic N) is 4. The predicted molar refractivity (Wildman–Crippen MR) is 500 cm³/mol.